The summed E-state index contributed by atoms with van der Waals surface area (Å²) in [5.41, 5.74) is 0.659. The molecule has 0 saturated heterocycles. The van der Waals surface area contributed by atoms with Gasteiger partial charge in [0.05, 0.1) is 12.3 Å². The highest BCUT2D eigenvalue weighted by molar-refractivity contribution is 5.87. The minimum atomic E-state index is -0.392. The van der Waals surface area contributed by atoms with Crippen molar-refractivity contribution >= 4 is 5.97 Å². The summed E-state index contributed by atoms with van der Waals surface area (Å²) in [6.45, 7) is 3.97. The largest absolute Gasteiger partial charge is 0.460 e. The van der Waals surface area contributed by atoms with Gasteiger partial charge in [0.1, 0.15) is 0 Å². The Kier molecular flexibility index (Phi) is 2.88. The Labute approximate surface area is 107 Å². The molecular formula is C14H19NO3. The molecule has 2 fully saturated rings. The minimum absolute atomic E-state index is 0.287. The third-order valence-corrected chi connectivity index (χ3v) is 4.33. The van der Waals surface area contributed by atoms with Gasteiger partial charge in [-0.15, -0.1) is 0 Å². The number of esters is 1. The zero-order valence-electron chi connectivity index (χ0n) is 10.9. The second-order valence-corrected chi connectivity index (χ2v) is 5.47. The average molecular weight is 249 g/mol. The van der Waals surface area contributed by atoms with Crippen LogP contribution in [0.2, 0.25) is 0 Å². The van der Waals surface area contributed by atoms with Crippen LogP contribution in [0.25, 0.3) is 0 Å². The van der Waals surface area contributed by atoms with E-state index in [9.17, 15) is 4.79 Å². The Morgan fingerprint density at radius 2 is 2.28 bits per heavy atom. The van der Waals surface area contributed by atoms with Gasteiger partial charge in [-0.3, -0.25) is 0 Å². The lowest BCUT2D eigenvalue weighted by Gasteiger charge is -2.17. The lowest BCUT2D eigenvalue weighted by Crippen LogP contribution is -2.08. The topological polar surface area (TPSA) is 52.3 Å². The molecule has 4 nitrogen and oxygen atoms in total. The summed E-state index contributed by atoms with van der Waals surface area (Å²) in [6.07, 6.45) is 5.12. The van der Waals surface area contributed by atoms with Crippen LogP contribution < -0.4 is 0 Å². The summed E-state index contributed by atoms with van der Waals surface area (Å²) in [5.74, 6) is 2.63. The maximum absolute atomic E-state index is 11.7. The number of oxazole rings is 1. The molecule has 0 spiro atoms. The third kappa shape index (κ3) is 1.84. The van der Waals surface area contributed by atoms with Crippen LogP contribution in [-0.2, 0) is 4.74 Å². The van der Waals surface area contributed by atoms with E-state index in [0.29, 0.717) is 24.1 Å². The van der Waals surface area contributed by atoms with Crippen LogP contribution in [0.15, 0.2) is 4.42 Å². The molecule has 2 saturated carbocycles. The van der Waals surface area contributed by atoms with Crippen molar-refractivity contribution in [2.75, 3.05) is 6.61 Å². The zero-order chi connectivity index (χ0) is 12.7. The molecule has 2 aliphatic carbocycles. The Morgan fingerprint density at radius 1 is 1.44 bits per heavy atom. The van der Waals surface area contributed by atoms with Crippen LogP contribution in [0.3, 0.4) is 0 Å². The smallest absolute Gasteiger partial charge is 0.376 e. The van der Waals surface area contributed by atoms with Gasteiger partial charge in [-0.1, -0.05) is 6.42 Å². The Balaban J connectivity index is 1.82. The molecule has 3 rings (SSSR count). The molecule has 0 aromatic carbocycles. The molecule has 3 unspecified atom stereocenters. The predicted molar refractivity (Wildman–Crippen MR) is 65.4 cm³/mol. The highest BCUT2D eigenvalue weighted by atomic mass is 16.5. The fourth-order valence-electron chi connectivity index (χ4n) is 3.51. The van der Waals surface area contributed by atoms with E-state index in [1.54, 1.807) is 6.92 Å². The molecule has 98 valence electrons. The first kappa shape index (κ1) is 11.8. The molecule has 0 amide bonds. The van der Waals surface area contributed by atoms with Crippen molar-refractivity contribution in [1.29, 1.82) is 0 Å². The summed E-state index contributed by atoms with van der Waals surface area (Å²) >= 11 is 0. The number of fused-ring (bicyclic) bond motifs is 2. The number of nitrogens with zero attached hydrogens (tertiary/aromatic N) is 1. The lowest BCUT2D eigenvalue weighted by molar-refractivity contribution is 0.0485. The van der Waals surface area contributed by atoms with Gasteiger partial charge in [0.2, 0.25) is 5.76 Å². The van der Waals surface area contributed by atoms with Crippen LogP contribution in [0.5, 0.6) is 0 Å². The van der Waals surface area contributed by atoms with Crippen molar-refractivity contribution < 1.29 is 13.9 Å². The van der Waals surface area contributed by atoms with E-state index in [1.807, 2.05) is 6.92 Å². The van der Waals surface area contributed by atoms with Crippen molar-refractivity contribution in [3.63, 3.8) is 0 Å². The number of ether oxygens (including phenoxy) is 1. The van der Waals surface area contributed by atoms with Crippen molar-refractivity contribution in [2.45, 2.75) is 45.4 Å². The highest BCUT2D eigenvalue weighted by Gasteiger charge is 2.43. The van der Waals surface area contributed by atoms with Crippen molar-refractivity contribution in [3.05, 3.63) is 17.3 Å². The number of rotatable bonds is 3. The van der Waals surface area contributed by atoms with Crippen molar-refractivity contribution in [3.8, 4) is 0 Å². The molecule has 0 N–H and O–H groups in total. The monoisotopic (exact) mass is 249 g/mol. The number of carbonyl (C=O) groups excluding carboxylic acids is 1. The van der Waals surface area contributed by atoms with Crippen LogP contribution in [0.4, 0.5) is 0 Å². The maximum Gasteiger partial charge on any atom is 0.376 e. The number of hydrogen-bond donors (Lipinski definition) is 0. The zero-order valence-corrected chi connectivity index (χ0v) is 10.9. The summed E-state index contributed by atoms with van der Waals surface area (Å²) in [7, 11) is 0. The SMILES string of the molecule is CCOC(=O)c1oc(C2CC3CCC2C3)nc1C. The van der Waals surface area contributed by atoms with Crippen LogP contribution in [0.1, 0.15) is 60.7 Å². The van der Waals surface area contributed by atoms with E-state index in [4.69, 9.17) is 9.15 Å². The van der Waals surface area contributed by atoms with E-state index in [0.717, 1.165) is 11.8 Å². The lowest BCUT2D eigenvalue weighted by atomic mass is 9.89. The first-order valence-electron chi connectivity index (χ1n) is 6.83. The van der Waals surface area contributed by atoms with Gasteiger partial charge < -0.3 is 9.15 Å². The number of aromatic nitrogens is 1. The minimum Gasteiger partial charge on any atom is -0.460 e. The first-order valence-corrected chi connectivity index (χ1v) is 6.83. The third-order valence-electron chi connectivity index (χ3n) is 4.33. The standard InChI is InChI=1S/C14H19NO3/c1-3-17-14(16)12-8(2)15-13(18-12)11-7-9-4-5-10(11)6-9/h9-11H,3-7H2,1-2H3. The Bertz CT molecular complexity index is 466. The summed E-state index contributed by atoms with van der Waals surface area (Å²) in [4.78, 5) is 16.1. The number of hydrogen-bond acceptors (Lipinski definition) is 4. The second kappa shape index (κ2) is 4.41. The first-order chi connectivity index (χ1) is 8.69. The molecular weight excluding hydrogens is 230 g/mol. The summed E-state index contributed by atoms with van der Waals surface area (Å²) < 4.78 is 10.7. The van der Waals surface area contributed by atoms with Crippen molar-refractivity contribution in [2.24, 2.45) is 11.8 Å². The Hall–Kier alpha value is -1.32. The molecule has 18 heavy (non-hydrogen) atoms. The van der Waals surface area contributed by atoms with Gasteiger partial charge in [-0.2, -0.15) is 0 Å². The van der Waals surface area contributed by atoms with Gasteiger partial charge in [0, 0.05) is 5.92 Å². The van der Waals surface area contributed by atoms with E-state index >= 15 is 0 Å². The molecule has 1 heterocycles. The van der Waals surface area contributed by atoms with Crippen LogP contribution in [0, 0.1) is 18.8 Å². The van der Waals surface area contributed by atoms with E-state index in [-0.39, 0.29) is 5.76 Å². The fraction of sp³-hybridized carbons (Fsp3) is 0.714. The van der Waals surface area contributed by atoms with Gasteiger partial charge in [0.25, 0.3) is 0 Å². The van der Waals surface area contributed by atoms with Crippen LogP contribution in [-0.4, -0.2) is 17.6 Å². The van der Waals surface area contributed by atoms with Gasteiger partial charge in [-0.25, -0.2) is 9.78 Å². The number of aryl methyl sites for hydroxylation is 1. The van der Waals surface area contributed by atoms with E-state index in [2.05, 4.69) is 4.98 Å². The molecule has 2 bridgehead atoms. The molecule has 1 aromatic rings. The highest BCUT2D eigenvalue weighted by Crippen LogP contribution is 2.52. The van der Waals surface area contributed by atoms with Crippen LogP contribution >= 0.6 is 0 Å². The van der Waals surface area contributed by atoms with Crippen molar-refractivity contribution in [1.82, 2.24) is 4.98 Å². The van der Waals surface area contributed by atoms with Gasteiger partial charge >= 0.3 is 5.97 Å². The van der Waals surface area contributed by atoms with Gasteiger partial charge in [-0.05, 0) is 44.9 Å². The summed E-state index contributed by atoms with van der Waals surface area (Å²) in [5, 5.41) is 0. The number of carbonyl (C=O) groups is 1. The maximum atomic E-state index is 11.7. The quantitative estimate of drug-likeness (QED) is 0.772. The normalized spacial score (nSPS) is 29.8. The predicted octanol–water partition coefficient (Wildman–Crippen LogP) is 3.06. The average Bonchev–Trinajstić information content (AvgIpc) is 3.02. The molecule has 2 aliphatic rings. The second-order valence-electron chi connectivity index (χ2n) is 5.47. The summed E-state index contributed by atoms with van der Waals surface area (Å²) in [6, 6.07) is 0. The molecule has 1 aromatic heterocycles. The van der Waals surface area contributed by atoms with Gasteiger partial charge in [0.15, 0.2) is 5.89 Å². The van der Waals surface area contributed by atoms with E-state index in [1.165, 1.54) is 25.7 Å². The fourth-order valence-corrected chi connectivity index (χ4v) is 3.51. The molecule has 4 heteroatoms. The Morgan fingerprint density at radius 3 is 2.89 bits per heavy atom. The molecule has 0 aliphatic heterocycles. The molecule has 0 radical (unpaired) electrons. The van der Waals surface area contributed by atoms with E-state index < -0.39 is 5.97 Å². The molecule has 3 atom stereocenters.